The monoisotopic (exact) mass is 381 g/mol. The number of nitro groups is 1. The Bertz CT molecular complexity index is 1060. The number of nitro benzene ring substituents is 1. The van der Waals surface area contributed by atoms with Gasteiger partial charge in [-0.05, 0) is 37.1 Å². The highest BCUT2D eigenvalue weighted by molar-refractivity contribution is 8.00. The lowest BCUT2D eigenvalue weighted by molar-refractivity contribution is -0.387. The molecule has 1 aliphatic rings. The van der Waals surface area contributed by atoms with E-state index in [0.717, 1.165) is 12.8 Å². The Hall–Kier alpha value is -2.67. The maximum Gasteiger partial charge on any atom is 0.283 e. The van der Waals surface area contributed by atoms with Crippen molar-refractivity contribution in [2.45, 2.75) is 42.2 Å². The van der Waals surface area contributed by atoms with Gasteiger partial charge in [0.05, 0.1) is 20.7 Å². The minimum absolute atomic E-state index is 0.0684. The molecule has 1 N–H and O–H groups in total. The zero-order valence-corrected chi connectivity index (χ0v) is 15.5. The number of aromatic amines is 1. The van der Waals surface area contributed by atoms with Crippen LogP contribution in [0.1, 0.15) is 32.1 Å². The zero-order valence-electron chi connectivity index (χ0n) is 14.7. The van der Waals surface area contributed by atoms with Gasteiger partial charge >= 0.3 is 0 Å². The molecule has 1 heterocycles. The van der Waals surface area contributed by atoms with E-state index in [1.54, 1.807) is 42.1 Å². The summed E-state index contributed by atoms with van der Waals surface area (Å²) in [5.74, 6) is 0.344. The fourth-order valence-electron chi connectivity index (χ4n) is 3.49. The van der Waals surface area contributed by atoms with Gasteiger partial charge < -0.3 is 4.98 Å². The maximum atomic E-state index is 12.3. The van der Waals surface area contributed by atoms with E-state index in [4.69, 9.17) is 0 Å². The van der Waals surface area contributed by atoms with Crippen LogP contribution < -0.4 is 5.56 Å². The van der Waals surface area contributed by atoms with Crippen LogP contribution in [0.5, 0.6) is 0 Å². The third-order valence-electron chi connectivity index (χ3n) is 4.89. The molecule has 1 fully saturated rings. The second kappa shape index (κ2) is 7.52. The Morgan fingerprint density at radius 2 is 1.89 bits per heavy atom. The first-order chi connectivity index (χ1) is 13.1. The van der Waals surface area contributed by atoms with Gasteiger partial charge in [0.15, 0.2) is 0 Å². The van der Waals surface area contributed by atoms with Gasteiger partial charge in [-0.1, -0.05) is 31.4 Å². The Morgan fingerprint density at radius 1 is 1.11 bits per heavy atom. The van der Waals surface area contributed by atoms with Crippen LogP contribution in [-0.4, -0.2) is 20.1 Å². The van der Waals surface area contributed by atoms with Gasteiger partial charge in [-0.3, -0.25) is 14.9 Å². The zero-order chi connectivity index (χ0) is 18.8. The molecule has 0 atom stereocenters. The minimum atomic E-state index is -0.353. The molecular weight excluding hydrogens is 362 g/mol. The molecule has 0 saturated heterocycles. The Balaban J connectivity index is 1.72. The summed E-state index contributed by atoms with van der Waals surface area (Å²) < 4.78 is 0. The van der Waals surface area contributed by atoms with E-state index >= 15 is 0 Å². The molecule has 0 spiro atoms. The largest absolute Gasteiger partial charge is 0.306 e. The normalized spacial score (nSPS) is 15.1. The molecule has 0 amide bonds. The fraction of sp³-hybridized carbons (Fsp3) is 0.300. The van der Waals surface area contributed by atoms with E-state index in [2.05, 4.69) is 9.97 Å². The minimum Gasteiger partial charge on any atom is -0.306 e. The van der Waals surface area contributed by atoms with Crippen molar-refractivity contribution >= 4 is 28.4 Å². The molecule has 1 saturated carbocycles. The van der Waals surface area contributed by atoms with Crippen LogP contribution in [0.2, 0.25) is 0 Å². The van der Waals surface area contributed by atoms with Gasteiger partial charge in [-0.2, -0.15) is 0 Å². The molecule has 3 aromatic rings. The van der Waals surface area contributed by atoms with Crippen molar-refractivity contribution in [3.63, 3.8) is 0 Å². The average Bonchev–Trinajstić information content (AvgIpc) is 2.69. The van der Waals surface area contributed by atoms with Crippen LogP contribution in [-0.2, 0) is 0 Å². The number of benzene rings is 2. The van der Waals surface area contributed by atoms with Crippen molar-refractivity contribution < 1.29 is 4.92 Å². The smallest absolute Gasteiger partial charge is 0.283 e. The number of rotatable bonds is 4. The van der Waals surface area contributed by atoms with Crippen LogP contribution in [0.15, 0.2) is 52.2 Å². The molecule has 0 aliphatic heterocycles. The third kappa shape index (κ3) is 3.73. The summed E-state index contributed by atoms with van der Waals surface area (Å²) >= 11 is 1.60. The van der Waals surface area contributed by atoms with Crippen LogP contribution in [0, 0.1) is 10.1 Å². The number of nitrogens with zero attached hydrogens (tertiary/aromatic N) is 2. The van der Waals surface area contributed by atoms with Crippen LogP contribution >= 0.6 is 11.8 Å². The number of hydrogen-bond donors (Lipinski definition) is 1. The lowest BCUT2D eigenvalue weighted by Gasteiger charge is -2.20. The highest BCUT2D eigenvalue weighted by atomic mass is 32.2. The average molecular weight is 381 g/mol. The van der Waals surface area contributed by atoms with E-state index in [1.807, 2.05) is 6.07 Å². The summed E-state index contributed by atoms with van der Waals surface area (Å²) in [5.41, 5.74) is 0.926. The molecule has 1 aromatic heterocycles. The number of para-hydroxylation sites is 1. The summed E-state index contributed by atoms with van der Waals surface area (Å²) in [6.07, 6.45) is 5.82. The Kier molecular flexibility index (Phi) is 4.94. The predicted molar refractivity (Wildman–Crippen MR) is 107 cm³/mol. The summed E-state index contributed by atoms with van der Waals surface area (Å²) in [5, 5.41) is 12.6. The Morgan fingerprint density at radius 3 is 2.67 bits per heavy atom. The van der Waals surface area contributed by atoms with E-state index in [0.29, 0.717) is 32.4 Å². The molecule has 7 heteroatoms. The molecule has 6 nitrogen and oxygen atoms in total. The highest BCUT2D eigenvalue weighted by Crippen LogP contribution is 2.39. The lowest BCUT2D eigenvalue weighted by Crippen LogP contribution is -2.10. The van der Waals surface area contributed by atoms with E-state index in [9.17, 15) is 14.9 Å². The first kappa shape index (κ1) is 17.7. The van der Waals surface area contributed by atoms with Crippen LogP contribution in [0.25, 0.3) is 22.3 Å². The van der Waals surface area contributed by atoms with Crippen molar-refractivity contribution in [2.24, 2.45) is 0 Å². The molecule has 4 rings (SSSR count). The van der Waals surface area contributed by atoms with Crippen molar-refractivity contribution in [1.82, 2.24) is 9.97 Å². The number of nitrogens with one attached hydrogen (secondary N) is 1. The molecule has 1 aliphatic carbocycles. The van der Waals surface area contributed by atoms with Crippen LogP contribution in [0.4, 0.5) is 5.69 Å². The van der Waals surface area contributed by atoms with Gasteiger partial charge in [0.2, 0.25) is 0 Å². The summed E-state index contributed by atoms with van der Waals surface area (Å²) in [7, 11) is 0. The predicted octanol–water partition coefficient (Wildman–Crippen LogP) is 4.92. The molecule has 2 aromatic carbocycles. The number of H-pyrrole nitrogens is 1. The molecule has 27 heavy (non-hydrogen) atoms. The first-order valence-electron chi connectivity index (χ1n) is 9.06. The van der Waals surface area contributed by atoms with Crippen molar-refractivity contribution in [3.05, 3.63) is 62.9 Å². The molecular formula is C20H19N3O3S. The quantitative estimate of drug-likeness (QED) is 0.512. The SMILES string of the molecule is O=c1[nH]c(-c2ccc(SC3CCCCC3)c([N+](=O)[O-])c2)nc2ccccc12. The number of thioether (sulfide) groups is 1. The van der Waals surface area contributed by atoms with Gasteiger partial charge in [0.1, 0.15) is 5.82 Å². The molecule has 0 bridgehead atoms. The maximum absolute atomic E-state index is 12.3. The van der Waals surface area contributed by atoms with Gasteiger partial charge in [0.25, 0.3) is 11.2 Å². The van der Waals surface area contributed by atoms with Crippen molar-refractivity contribution in [3.8, 4) is 11.4 Å². The standard InChI is InChI=1S/C20H19N3O3S/c24-20-15-8-4-5-9-16(15)21-19(22-20)13-10-11-18(17(12-13)23(25)26)27-14-6-2-1-3-7-14/h4-5,8-12,14H,1-3,6-7H2,(H,21,22,24). The van der Waals surface area contributed by atoms with Crippen molar-refractivity contribution in [2.75, 3.05) is 0 Å². The topological polar surface area (TPSA) is 88.9 Å². The first-order valence-corrected chi connectivity index (χ1v) is 9.94. The number of hydrogen-bond acceptors (Lipinski definition) is 5. The third-order valence-corrected chi connectivity index (χ3v) is 6.29. The summed E-state index contributed by atoms with van der Waals surface area (Å²) in [4.78, 5) is 31.4. The van der Waals surface area contributed by atoms with E-state index < -0.39 is 0 Å². The van der Waals surface area contributed by atoms with E-state index in [-0.39, 0.29) is 16.2 Å². The van der Waals surface area contributed by atoms with E-state index in [1.165, 1.54) is 25.3 Å². The summed E-state index contributed by atoms with van der Waals surface area (Å²) in [6.45, 7) is 0. The molecule has 0 radical (unpaired) electrons. The lowest BCUT2D eigenvalue weighted by atomic mass is 10.0. The number of aromatic nitrogens is 2. The molecule has 138 valence electrons. The Labute approximate surface area is 160 Å². The summed E-state index contributed by atoms with van der Waals surface area (Å²) in [6, 6.07) is 12.1. The van der Waals surface area contributed by atoms with Gasteiger partial charge in [0, 0.05) is 16.9 Å². The number of fused-ring (bicyclic) bond motifs is 1. The van der Waals surface area contributed by atoms with Gasteiger partial charge in [-0.25, -0.2) is 4.98 Å². The van der Waals surface area contributed by atoms with Crippen molar-refractivity contribution in [1.29, 1.82) is 0 Å². The second-order valence-corrected chi connectivity index (χ2v) is 8.09. The van der Waals surface area contributed by atoms with Gasteiger partial charge in [-0.15, -0.1) is 11.8 Å². The fourth-order valence-corrected chi connectivity index (χ4v) is 4.82. The second-order valence-electron chi connectivity index (χ2n) is 6.75. The highest BCUT2D eigenvalue weighted by Gasteiger charge is 2.22. The molecule has 0 unspecified atom stereocenters. The van der Waals surface area contributed by atoms with Crippen LogP contribution in [0.3, 0.4) is 0 Å².